The normalized spacial score (nSPS) is 15.9. The number of ether oxygens (including phenoxy) is 1. The zero-order valence-corrected chi connectivity index (χ0v) is 20.9. The zero-order chi connectivity index (χ0) is 23.8. The summed E-state index contributed by atoms with van der Waals surface area (Å²) in [6, 6.07) is 9.70. The molecular weight excluding hydrogens is 436 g/mol. The number of rotatable bonds is 9. The molecule has 1 saturated heterocycles. The van der Waals surface area contributed by atoms with Crippen molar-refractivity contribution >= 4 is 29.5 Å². The smallest absolute Gasteiger partial charge is 0.310 e. The third kappa shape index (κ3) is 6.93. The molecule has 1 amide bonds. The van der Waals surface area contributed by atoms with Gasteiger partial charge in [-0.25, -0.2) is 9.97 Å². The van der Waals surface area contributed by atoms with Crippen molar-refractivity contribution in [3.8, 4) is 0 Å². The minimum atomic E-state index is -0.236. The van der Waals surface area contributed by atoms with Crippen LogP contribution in [0.25, 0.3) is 0 Å². The molecule has 7 nitrogen and oxygen atoms in total. The Morgan fingerprint density at radius 2 is 2.06 bits per heavy atom. The molecule has 1 aliphatic heterocycles. The van der Waals surface area contributed by atoms with E-state index in [1.165, 1.54) is 0 Å². The van der Waals surface area contributed by atoms with Crippen LogP contribution in [0.15, 0.2) is 35.5 Å². The Balaban J connectivity index is 1.65. The number of hydrogen-bond donors (Lipinski definition) is 0. The van der Waals surface area contributed by atoms with Crippen LogP contribution < -0.4 is 4.90 Å². The first kappa shape index (κ1) is 25.0. The maximum absolute atomic E-state index is 13.1. The molecular formula is C25H34N4O3S. The molecule has 0 N–H and O–H groups in total. The van der Waals surface area contributed by atoms with Crippen molar-refractivity contribution in [1.82, 2.24) is 14.9 Å². The summed E-state index contributed by atoms with van der Waals surface area (Å²) in [6.07, 6.45) is 2.63. The van der Waals surface area contributed by atoms with Crippen LogP contribution in [0, 0.1) is 12.8 Å². The van der Waals surface area contributed by atoms with Gasteiger partial charge in [0.15, 0.2) is 5.16 Å². The third-order valence-corrected chi connectivity index (χ3v) is 6.56. The van der Waals surface area contributed by atoms with Gasteiger partial charge in [0.25, 0.3) is 5.91 Å². The highest BCUT2D eigenvalue weighted by Gasteiger charge is 2.29. The van der Waals surface area contributed by atoms with Gasteiger partial charge in [-0.3, -0.25) is 9.59 Å². The van der Waals surface area contributed by atoms with Crippen LogP contribution in [0.3, 0.4) is 0 Å². The predicted octanol–water partition coefficient (Wildman–Crippen LogP) is 4.34. The number of aryl methyl sites for hydroxylation is 1. The lowest BCUT2D eigenvalue weighted by atomic mass is 9.97. The molecule has 0 spiro atoms. The number of hydrogen-bond acceptors (Lipinski definition) is 7. The van der Waals surface area contributed by atoms with E-state index in [2.05, 4.69) is 16.8 Å². The molecule has 178 valence electrons. The summed E-state index contributed by atoms with van der Waals surface area (Å²) in [4.78, 5) is 38.4. The molecule has 1 aromatic carbocycles. The quantitative estimate of drug-likeness (QED) is 0.307. The first-order valence-corrected chi connectivity index (χ1v) is 12.6. The Bertz CT molecular complexity index is 968. The van der Waals surface area contributed by atoms with E-state index in [1.54, 1.807) is 23.6 Å². The fraction of sp³-hybridized carbons (Fsp3) is 0.520. The lowest BCUT2D eigenvalue weighted by Gasteiger charge is -2.31. The first-order chi connectivity index (χ1) is 15.9. The van der Waals surface area contributed by atoms with E-state index in [4.69, 9.17) is 9.72 Å². The highest BCUT2D eigenvalue weighted by Crippen LogP contribution is 2.24. The van der Waals surface area contributed by atoms with Crippen molar-refractivity contribution in [2.45, 2.75) is 50.9 Å². The fourth-order valence-electron chi connectivity index (χ4n) is 3.97. The van der Waals surface area contributed by atoms with E-state index < -0.39 is 0 Å². The average molecular weight is 471 g/mol. The lowest BCUT2D eigenvalue weighted by Crippen LogP contribution is -2.42. The van der Waals surface area contributed by atoms with Gasteiger partial charge in [-0.2, -0.15) is 0 Å². The van der Waals surface area contributed by atoms with Gasteiger partial charge in [-0.15, -0.1) is 0 Å². The van der Waals surface area contributed by atoms with E-state index in [0.717, 1.165) is 48.0 Å². The van der Waals surface area contributed by atoms with Gasteiger partial charge in [0.2, 0.25) is 0 Å². The number of benzene rings is 1. The molecule has 1 aromatic heterocycles. The second kappa shape index (κ2) is 12.0. The van der Waals surface area contributed by atoms with Crippen molar-refractivity contribution in [3.05, 3.63) is 47.2 Å². The van der Waals surface area contributed by atoms with Crippen molar-refractivity contribution in [1.29, 1.82) is 0 Å². The largest absolute Gasteiger partial charge is 0.466 e. The average Bonchev–Trinajstić information content (AvgIpc) is 2.82. The van der Waals surface area contributed by atoms with Crippen LogP contribution in [-0.4, -0.2) is 60.0 Å². The second-order valence-corrected chi connectivity index (χ2v) is 9.35. The number of aromatic nitrogens is 2. The Morgan fingerprint density at radius 3 is 2.82 bits per heavy atom. The van der Waals surface area contributed by atoms with Crippen LogP contribution in [0.4, 0.5) is 5.82 Å². The fourth-order valence-corrected chi connectivity index (χ4v) is 4.82. The molecule has 0 radical (unpaired) electrons. The first-order valence-electron chi connectivity index (χ1n) is 11.7. The monoisotopic (exact) mass is 470 g/mol. The molecule has 0 bridgehead atoms. The summed E-state index contributed by atoms with van der Waals surface area (Å²) in [5.41, 5.74) is 2.63. The third-order valence-electron chi connectivity index (χ3n) is 5.64. The highest BCUT2D eigenvalue weighted by molar-refractivity contribution is 7.98. The molecule has 2 aromatic rings. The molecule has 1 aliphatic rings. The second-order valence-electron chi connectivity index (χ2n) is 8.40. The molecule has 2 heterocycles. The van der Waals surface area contributed by atoms with Crippen LogP contribution in [0.5, 0.6) is 0 Å². The van der Waals surface area contributed by atoms with Gasteiger partial charge in [-0.05, 0) is 50.8 Å². The zero-order valence-electron chi connectivity index (χ0n) is 20.0. The molecule has 0 saturated carbocycles. The number of likely N-dealkylation sites (tertiary alicyclic amines) is 1. The summed E-state index contributed by atoms with van der Waals surface area (Å²) in [5, 5.41) is 0.734. The maximum Gasteiger partial charge on any atom is 0.310 e. The van der Waals surface area contributed by atoms with Gasteiger partial charge in [0.1, 0.15) is 5.82 Å². The maximum atomic E-state index is 13.1. The molecule has 3 rings (SSSR count). The number of amides is 1. The standard InChI is InChI=1S/C25H34N4O3S/c1-5-12-28(4)22-14-18(3)26-25(27-22)33-17-19-9-7-10-20(15-19)23(30)29-13-8-11-21(16-29)24(31)32-6-2/h7,9-10,14-15,21H,5-6,8,11-13,16-17H2,1-4H3. The van der Waals surface area contributed by atoms with Gasteiger partial charge in [-0.1, -0.05) is 30.8 Å². The molecule has 0 aliphatic carbocycles. The number of nitrogens with zero attached hydrogens (tertiary/aromatic N) is 4. The molecule has 1 unspecified atom stereocenters. The molecule has 8 heteroatoms. The highest BCUT2D eigenvalue weighted by atomic mass is 32.2. The van der Waals surface area contributed by atoms with Crippen LogP contribution in [0.1, 0.15) is 54.7 Å². The number of carbonyl (C=O) groups excluding carboxylic acids is 2. The molecule has 33 heavy (non-hydrogen) atoms. The molecule has 1 atom stereocenters. The van der Waals surface area contributed by atoms with Crippen LogP contribution in [0.2, 0.25) is 0 Å². The predicted molar refractivity (Wildman–Crippen MR) is 132 cm³/mol. The van der Waals surface area contributed by atoms with Gasteiger partial charge < -0.3 is 14.5 Å². The summed E-state index contributed by atoms with van der Waals surface area (Å²) < 4.78 is 5.16. The minimum absolute atomic E-state index is 0.0360. The van der Waals surface area contributed by atoms with E-state index in [1.807, 2.05) is 44.3 Å². The molecule has 1 fully saturated rings. The van der Waals surface area contributed by atoms with Crippen LogP contribution >= 0.6 is 11.8 Å². The summed E-state index contributed by atoms with van der Waals surface area (Å²) in [5.74, 6) is 1.12. The topological polar surface area (TPSA) is 75.6 Å². The van der Waals surface area contributed by atoms with E-state index in [9.17, 15) is 9.59 Å². The lowest BCUT2D eigenvalue weighted by molar-refractivity contribution is -0.149. The number of anilines is 1. The number of esters is 1. The Morgan fingerprint density at radius 1 is 1.24 bits per heavy atom. The summed E-state index contributed by atoms with van der Waals surface area (Å²) >= 11 is 1.57. The van der Waals surface area contributed by atoms with Gasteiger partial charge in [0.05, 0.1) is 12.5 Å². The van der Waals surface area contributed by atoms with E-state index in [0.29, 0.717) is 31.0 Å². The Kier molecular flexibility index (Phi) is 9.11. The van der Waals surface area contributed by atoms with Crippen molar-refractivity contribution in [2.24, 2.45) is 5.92 Å². The van der Waals surface area contributed by atoms with E-state index in [-0.39, 0.29) is 17.8 Å². The number of thioether (sulfide) groups is 1. The van der Waals surface area contributed by atoms with Crippen molar-refractivity contribution in [2.75, 3.05) is 38.2 Å². The SMILES string of the molecule is CCCN(C)c1cc(C)nc(SCc2cccc(C(=O)N3CCCC(C(=O)OCC)C3)c2)n1. The van der Waals surface area contributed by atoms with E-state index >= 15 is 0 Å². The number of carbonyl (C=O) groups is 2. The van der Waals surface area contributed by atoms with Crippen LogP contribution in [-0.2, 0) is 15.3 Å². The minimum Gasteiger partial charge on any atom is -0.466 e. The van der Waals surface area contributed by atoms with Crippen molar-refractivity contribution < 1.29 is 14.3 Å². The Labute approximate surface area is 200 Å². The van der Waals surface area contributed by atoms with Crippen molar-refractivity contribution in [3.63, 3.8) is 0 Å². The van der Waals surface area contributed by atoms with Gasteiger partial charge in [0, 0.05) is 49.8 Å². The number of piperidine rings is 1. The van der Waals surface area contributed by atoms with Gasteiger partial charge >= 0.3 is 5.97 Å². The summed E-state index contributed by atoms with van der Waals surface area (Å²) in [6.45, 7) is 8.33. The Hall–Kier alpha value is -2.61. The summed E-state index contributed by atoms with van der Waals surface area (Å²) in [7, 11) is 2.04.